The van der Waals surface area contributed by atoms with Crippen LogP contribution in [0.2, 0.25) is 0 Å². The topological polar surface area (TPSA) is 38.3 Å². The molecule has 1 aliphatic rings. The number of ether oxygens (including phenoxy) is 1. The second kappa shape index (κ2) is 7.14. The van der Waals surface area contributed by atoms with Gasteiger partial charge in [-0.05, 0) is 25.7 Å². The van der Waals surface area contributed by atoms with Crippen molar-refractivity contribution in [2.75, 3.05) is 0 Å². The lowest BCUT2D eigenvalue weighted by molar-refractivity contribution is -0.154. The van der Waals surface area contributed by atoms with Crippen LogP contribution < -0.4 is 10.1 Å². The van der Waals surface area contributed by atoms with Crippen molar-refractivity contribution in [1.29, 1.82) is 0 Å². The molecule has 3 nitrogen and oxygen atoms in total. The minimum atomic E-state index is -4.52. The maximum atomic E-state index is 13.1. The third-order valence-electron chi connectivity index (χ3n) is 3.54. The van der Waals surface area contributed by atoms with Gasteiger partial charge in [0.2, 0.25) is 5.91 Å². The molecule has 0 bridgehead atoms. The Kier molecular flexibility index (Phi) is 5.43. The van der Waals surface area contributed by atoms with Crippen molar-refractivity contribution in [2.24, 2.45) is 0 Å². The number of benzene rings is 1. The van der Waals surface area contributed by atoms with Gasteiger partial charge in [-0.1, -0.05) is 0 Å². The number of rotatable bonds is 4. The number of hydrogen-bond donors (Lipinski definition) is 1. The molecule has 23 heavy (non-hydrogen) atoms. The molecule has 0 aliphatic heterocycles. The molecular formula is C15H16F5NO2. The highest BCUT2D eigenvalue weighted by Gasteiger charge is 2.32. The molecular weight excluding hydrogens is 321 g/mol. The molecule has 0 radical (unpaired) electrons. The van der Waals surface area contributed by atoms with Gasteiger partial charge >= 0.3 is 6.18 Å². The summed E-state index contributed by atoms with van der Waals surface area (Å²) < 4.78 is 67.9. The van der Waals surface area contributed by atoms with Gasteiger partial charge in [0.25, 0.3) is 0 Å². The van der Waals surface area contributed by atoms with E-state index in [4.69, 9.17) is 4.74 Å². The van der Waals surface area contributed by atoms with Crippen molar-refractivity contribution in [2.45, 2.75) is 50.4 Å². The van der Waals surface area contributed by atoms with E-state index >= 15 is 0 Å². The number of alkyl halides is 3. The fourth-order valence-electron chi connectivity index (χ4n) is 2.57. The van der Waals surface area contributed by atoms with Crippen LogP contribution in [0.4, 0.5) is 22.0 Å². The predicted molar refractivity (Wildman–Crippen MR) is 71.8 cm³/mol. The molecule has 1 saturated carbocycles. The van der Waals surface area contributed by atoms with Crippen molar-refractivity contribution in [3.05, 3.63) is 29.8 Å². The summed E-state index contributed by atoms with van der Waals surface area (Å²) in [5.74, 6) is -2.46. The Hall–Kier alpha value is -1.86. The molecule has 1 fully saturated rings. The van der Waals surface area contributed by atoms with Crippen LogP contribution in [0.15, 0.2) is 18.2 Å². The second-order valence-electron chi connectivity index (χ2n) is 5.56. The van der Waals surface area contributed by atoms with Gasteiger partial charge in [0.05, 0.1) is 6.10 Å². The molecule has 0 unspecified atom stereocenters. The summed E-state index contributed by atoms with van der Waals surface area (Å²) in [5, 5.41) is 2.34. The molecule has 0 atom stereocenters. The van der Waals surface area contributed by atoms with Crippen LogP contribution in [0.1, 0.15) is 32.1 Å². The first-order valence-electron chi connectivity index (χ1n) is 7.20. The summed E-state index contributed by atoms with van der Waals surface area (Å²) >= 11 is 0. The highest BCUT2D eigenvalue weighted by molar-refractivity contribution is 5.76. The fourth-order valence-corrected chi connectivity index (χ4v) is 2.57. The molecule has 0 aromatic heterocycles. The minimum absolute atomic E-state index is 0.0760. The standard InChI is InChI=1S/C15H16F5NO2/c16-9-5-10(17)7-13(6-9)23-12-3-1-11(2-4-12)21-14(22)8-15(18,19)20/h5-7,11-12H,1-4,8H2,(H,21,22). The van der Waals surface area contributed by atoms with Crippen molar-refractivity contribution in [3.8, 4) is 5.75 Å². The van der Waals surface area contributed by atoms with Crippen LogP contribution in [0.5, 0.6) is 5.75 Å². The Morgan fingerprint density at radius 2 is 1.65 bits per heavy atom. The summed E-state index contributed by atoms with van der Waals surface area (Å²) in [4.78, 5) is 11.2. The number of hydrogen-bond acceptors (Lipinski definition) is 2. The van der Waals surface area contributed by atoms with E-state index < -0.39 is 30.1 Å². The van der Waals surface area contributed by atoms with E-state index in [0.717, 1.165) is 18.2 Å². The zero-order valence-electron chi connectivity index (χ0n) is 12.1. The third-order valence-corrected chi connectivity index (χ3v) is 3.54. The molecule has 1 N–H and O–H groups in total. The largest absolute Gasteiger partial charge is 0.490 e. The number of carbonyl (C=O) groups excluding carboxylic acids is 1. The summed E-state index contributed by atoms with van der Waals surface area (Å²) in [6.07, 6.45) is -4.44. The Balaban J connectivity index is 1.78. The molecule has 0 spiro atoms. The molecule has 1 amide bonds. The van der Waals surface area contributed by atoms with E-state index in [1.54, 1.807) is 0 Å². The van der Waals surface area contributed by atoms with Gasteiger partial charge in [-0.2, -0.15) is 13.2 Å². The molecule has 1 aromatic rings. The van der Waals surface area contributed by atoms with Gasteiger partial charge in [0.15, 0.2) is 0 Å². The lowest BCUT2D eigenvalue weighted by atomic mass is 9.93. The predicted octanol–water partition coefficient (Wildman–Crippen LogP) is 3.72. The Labute approximate surface area is 129 Å². The van der Waals surface area contributed by atoms with Gasteiger partial charge in [0.1, 0.15) is 23.8 Å². The lowest BCUT2D eigenvalue weighted by Crippen LogP contribution is -2.41. The zero-order chi connectivity index (χ0) is 17.0. The monoisotopic (exact) mass is 337 g/mol. The lowest BCUT2D eigenvalue weighted by Gasteiger charge is -2.29. The smallest absolute Gasteiger partial charge is 0.397 e. The summed E-state index contributed by atoms with van der Waals surface area (Å²) in [7, 11) is 0. The van der Waals surface area contributed by atoms with Crippen molar-refractivity contribution in [1.82, 2.24) is 5.32 Å². The molecule has 1 aliphatic carbocycles. The second-order valence-corrected chi connectivity index (χ2v) is 5.56. The van der Waals surface area contributed by atoms with Gasteiger partial charge in [-0.25, -0.2) is 8.78 Å². The minimum Gasteiger partial charge on any atom is -0.490 e. The van der Waals surface area contributed by atoms with Crippen LogP contribution in [-0.4, -0.2) is 24.2 Å². The van der Waals surface area contributed by atoms with Crippen LogP contribution in [-0.2, 0) is 4.79 Å². The van der Waals surface area contributed by atoms with Crippen molar-refractivity contribution in [3.63, 3.8) is 0 Å². The maximum absolute atomic E-state index is 13.1. The number of halogens is 5. The average molecular weight is 337 g/mol. The van der Waals surface area contributed by atoms with E-state index in [-0.39, 0.29) is 17.9 Å². The van der Waals surface area contributed by atoms with Crippen molar-refractivity contribution >= 4 is 5.91 Å². The quantitative estimate of drug-likeness (QED) is 0.851. The number of carbonyl (C=O) groups is 1. The molecule has 2 rings (SSSR count). The number of nitrogens with one attached hydrogen (secondary N) is 1. The Morgan fingerprint density at radius 1 is 1.09 bits per heavy atom. The highest BCUT2D eigenvalue weighted by atomic mass is 19.4. The summed E-state index contributed by atoms with van der Waals surface area (Å²) in [5.41, 5.74) is 0. The van der Waals surface area contributed by atoms with Crippen LogP contribution in [0.3, 0.4) is 0 Å². The van der Waals surface area contributed by atoms with Crippen molar-refractivity contribution < 1.29 is 31.5 Å². The molecule has 8 heteroatoms. The van der Waals surface area contributed by atoms with Gasteiger partial charge < -0.3 is 10.1 Å². The Bertz CT molecular complexity index is 533. The van der Waals surface area contributed by atoms with Crippen LogP contribution >= 0.6 is 0 Å². The first-order chi connectivity index (χ1) is 10.7. The highest BCUT2D eigenvalue weighted by Crippen LogP contribution is 2.26. The molecule has 1 aromatic carbocycles. The normalized spacial score (nSPS) is 21.8. The van der Waals surface area contributed by atoms with Crippen LogP contribution in [0.25, 0.3) is 0 Å². The molecule has 128 valence electrons. The molecule has 0 saturated heterocycles. The van der Waals surface area contributed by atoms with E-state index in [2.05, 4.69) is 5.32 Å². The first kappa shape index (κ1) is 17.5. The van der Waals surface area contributed by atoms with E-state index in [1.807, 2.05) is 0 Å². The van der Waals surface area contributed by atoms with E-state index in [9.17, 15) is 26.7 Å². The summed E-state index contributed by atoms with van der Waals surface area (Å²) in [6, 6.07) is 2.54. The maximum Gasteiger partial charge on any atom is 0.397 e. The van der Waals surface area contributed by atoms with Gasteiger partial charge in [-0.3, -0.25) is 4.79 Å². The fraction of sp³-hybridized carbons (Fsp3) is 0.533. The first-order valence-corrected chi connectivity index (χ1v) is 7.20. The van der Waals surface area contributed by atoms with E-state index in [1.165, 1.54) is 0 Å². The van der Waals surface area contributed by atoms with Crippen LogP contribution in [0, 0.1) is 11.6 Å². The zero-order valence-corrected chi connectivity index (χ0v) is 12.1. The van der Waals surface area contributed by atoms with Gasteiger partial charge in [-0.15, -0.1) is 0 Å². The SMILES string of the molecule is O=C(CC(F)(F)F)NC1CCC(Oc2cc(F)cc(F)c2)CC1. The molecule has 0 heterocycles. The van der Waals surface area contributed by atoms with Gasteiger partial charge in [0, 0.05) is 24.2 Å². The van der Waals surface area contributed by atoms with E-state index in [0.29, 0.717) is 25.7 Å². The average Bonchev–Trinajstić information content (AvgIpc) is 2.37. The third kappa shape index (κ3) is 6.03. The Morgan fingerprint density at radius 3 is 2.17 bits per heavy atom. The number of amides is 1. The summed E-state index contributed by atoms with van der Waals surface area (Å²) in [6.45, 7) is 0.